The molecule has 0 saturated carbocycles. The molecule has 2 amide bonds. The highest BCUT2D eigenvalue weighted by Gasteiger charge is 2.21. The zero-order valence-electron chi connectivity index (χ0n) is 13.3. The lowest BCUT2D eigenvalue weighted by molar-refractivity contribution is -0.119. The summed E-state index contributed by atoms with van der Waals surface area (Å²) in [6.45, 7) is 2.14. The van der Waals surface area contributed by atoms with Gasteiger partial charge in [-0.1, -0.05) is 23.2 Å². The van der Waals surface area contributed by atoms with Gasteiger partial charge in [0, 0.05) is 53.7 Å². The van der Waals surface area contributed by atoms with Crippen molar-refractivity contribution in [2.24, 2.45) is 0 Å². The first-order chi connectivity index (χ1) is 12.0. The zero-order valence-corrected chi connectivity index (χ0v) is 14.8. The van der Waals surface area contributed by atoms with Crippen LogP contribution in [0.3, 0.4) is 0 Å². The molecule has 0 bridgehead atoms. The molecule has 6 nitrogen and oxygen atoms in total. The van der Waals surface area contributed by atoms with E-state index in [4.69, 9.17) is 23.2 Å². The summed E-state index contributed by atoms with van der Waals surface area (Å²) in [5.74, 6) is 0.441. The first kappa shape index (κ1) is 17.5. The molecule has 1 fully saturated rings. The Labute approximate surface area is 155 Å². The third kappa shape index (κ3) is 4.41. The molecule has 0 unspecified atom stereocenters. The van der Waals surface area contributed by atoms with Crippen molar-refractivity contribution in [1.82, 2.24) is 14.8 Å². The molecule has 1 aliphatic heterocycles. The summed E-state index contributed by atoms with van der Waals surface area (Å²) in [5.41, 5.74) is 1.22. The first-order valence-corrected chi connectivity index (χ1v) is 8.48. The molecular weight excluding hydrogens is 363 g/mol. The van der Waals surface area contributed by atoms with Gasteiger partial charge in [-0.3, -0.25) is 9.59 Å². The van der Waals surface area contributed by atoms with Gasteiger partial charge in [-0.25, -0.2) is 4.98 Å². The van der Waals surface area contributed by atoms with Gasteiger partial charge in [-0.05, 0) is 30.3 Å². The van der Waals surface area contributed by atoms with E-state index >= 15 is 0 Å². The highest BCUT2D eigenvalue weighted by molar-refractivity contribution is 6.35. The van der Waals surface area contributed by atoms with Crippen molar-refractivity contribution >= 4 is 47.0 Å². The number of amides is 2. The number of hydrogen-bond acceptors (Lipinski definition) is 4. The number of aromatic nitrogens is 1. The van der Waals surface area contributed by atoms with E-state index in [1.807, 2.05) is 0 Å². The predicted molar refractivity (Wildman–Crippen MR) is 97.5 cm³/mol. The molecule has 1 N–H and O–H groups in total. The van der Waals surface area contributed by atoms with Gasteiger partial charge < -0.3 is 15.1 Å². The maximum atomic E-state index is 12.6. The Hall–Kier alpha value is -2.31. The largest absolute Gasteiger partial charge is 0.342 e. The fraction of sp³-hybridized carbons (Fsp3) is 0.235. The fourth-order valence-corrected chi connectivity index (χ4v) is 3.14. The van der Waals surface area contributed by atoms with E-state index in [2.05, 4.69) is 10.3 Å². The van der Waals surface area contributed by atoms with E-state index in [-0.39, 0.29) is 5.91 Å². The predicted octanol–water partition coefficient (Wildman–Crippen LogP) is 3.05. The molecule has 8 heteroatoms. The van der Waals surface area contributed by atoms with Crippen LogP contribution in [-0.4, -0.2) is 53.3 Å². The van der Waals surface area contributed by atoms with Gasteiger partial charge in [0.15, 0.2) is 0 Å². The molecule has 3 rings (SSSR count). The van der Waals surface area contributed by atoms with Crippen LogP contribution in [0.25, 0.3) is 0 Å². The number of carbonyl (C=O) groups is 2. The van der Waals surface area contributed by atoms with E-state index in [0.717, 1.165) is 6.41 Å². The maximum absolute atomic E-state index is 12.6. The second-order valence-electron chi connectivity index (χ2n) is 5.65. The quantitative estimate of drug-likeness (QED) is 0.830. The number of anilines is 2. The maximum Gasteiger partial charge on any atom is 0.254 e. The Morgan fingerprint density at radius 2 is 1.76 bits per heavy atom. The molecule has 0 spiro atoms. The SMILES string of the molecule is O=CN1CCN(C(=O)c2ccnc(Nc3cc(Cl)cc(Cl)c3)c2)CC1. The summed E-state index contributed by atoms with van der Waals surface area (Å²) in [4.78, 5) is 31.0. The smallest absolute Gasteiger partial charge is 0.254 e. The van der Waals surface area contributed by atoms with E-state index in [1.54, 1.807) is 46.3 Å². The normalized spacial score (nSPS) is 14.3. The Bertz CT molecular complexity index is 772. The van der Waals surface area contributed by atoms with Crippen LogP contribution in [0.4, 0.5) is 11.5 Å². The van der Waals surface area contributed by atoms with Crippen LogP contribution < -0.4 is 5.32 Å². The molecule has 2 aromatic rings. The number of hydrogen-bond donors (Lipinski definition) is 1. The molecular formula is C17H16Cl2N4O2. The van der Waals surface area contributed by atoms with E-state index < -0.39 is 0 Å². The number of carbonyl (C=O) groups excluding carboxylic acids is 2. The standard InChI is InChI=1S/C17H16Cl2N4O2/c18-13-8-14(19)10-15(9-13)21-16-7-12(1-2-20-16)17(25)23-5-3-22(11-24)4-6-23/h1-2,7-11H,3-6H2,(H,20,21). The van der Waals surface area contributed by atoms with E-state index in [9.17, 15) is 9.59 Å². The Kier molecular flexibility index (Phi) is 5.40. The number of halogens is 2. The highest BCUT2D eigenvalue weighted by Crippen LogP contribution is 2.25. The number of pyridine rings is 1. The van der Waals surface area contributed by atoms with Gasteiger partial charge in [0.1, 0.15) is 5.82 Å². The first-order valence-electron chi connectivity index (χ1n) is 7.73. The van der Waals surface area contributed by atoms with Crippen LogP contribution >= 0.6 is 23.2 Å². The Morgan fingerprint density at radius 3 is 2.40 bits per heavy atom. The van der Waals surface area contributed by atoms with Crippen molar-refractivity contribution < 1.29 is 9.59 Å². The second-order valence-corrected chi connectivity index (χ2v) is 6.52. The molecule has 1 aliphatic rings. The van der Waals surface area contributed by atoms with Crippen LogP contribution in [0.5, 0.6) is 0 Å². The minimum atomic E-state index is -0.0832. The lowest BCUT2D eigenvalue weighted by atomic mass is 10.2. The summed E-state index contributed by atoms with van der Waals surface area (Å²) >= 11 is 12.0. The average Bonchev–Trinajstić information content (AvgIpc) is 2.60. The van der Waals surface area contributed by atoms with E-state index in [1.165, 1.54) is 0 Å². The molecule has 1 aromatic heterocycles. The average molecular weight is 379 g/mol. The molecule has 25 heavy (non-hydrogen) atoms. The number of nitrogens with one attached hydrogen (secondary N) is 1. The van der Waals surface area contributed by atoms with Gasteiger partial charge in [0.05, 0.1) is 0 Å². The number of nitrogens with zero attached hydrogens (tertiary/aromatic N) is 3. The molecule has 0 atom stereocenters. The van der Waals surface area contributed by atoms with Gasteiger partial charge in [0.25, 0.3) is 5.91 Å². The van der Waals surface area contributed by atoms with Crippen molar-refractivity contribution in [3.05, 3.63) is 52.1 Å². The molecule has 130 valence electrons. The van der Waals surface area contributed by atoms with Crippen molar-refractivity contribution in [2.45, 2.75) is 0 Å². The third-order valence-corrected chi connectivity index (χ3v) is 4.33. The Morgan fingerprint density at radius 1 is 1.08 bits per heavy atom. The Balaban J connectivity index is 1.72. The number of benzene rings is 1. The van der Waals surface area contributed by atoms with Gasteiger partial charge in [-0.2, -0.15) is 0 Å². The molecule has 1 aromatic carbocycles. The van der Waals surface area contributed by atoms with Gasteiger partial charge in [0.2, 0.25) is 6.41 Å². The lowest BCUT2D eigenvalue weighted by Crippen LogP contribution is -2.48. The van der Waals surface area contributed by atoms with Crippen LogP contribution in [-0.2, 0) is 4.79 Å². The third-order valence-electron chi connectivity index (χ3n) is 3.89. The topological polar surface area (TPSA) is 65.5 Å². The van der Waals surface area contributed by atoms with Crippen LogP contribution in [0.1, 0.15) is 10.4 Å². The monoisotopic (exact) mass is 378 g/mol. The fourth-order valence-electron chi connectivity index (χ4n) is 2.62. The summed E-state index contributed by atoms with van der Waals surface area (Å²) < 4.78 is 0. The van der Waals surface area contributed by atoms with Crippen LogP contribution in [0.15, 0.2) is 36.5 Å². The van der Waals surface area contributed by atoms with E-state index in [0.29, 0.717) is 53.3 Å². The molecule has 0 aliphatic carbocycles. The summed E-state index contributed by atoms with van der Waals surface area (Å²) in [6.07, 6.45) is 2.38. The molecule has 0 radical (unpaired) electrons. The van der Waals surface area contributed by atoms with Crippen LogP contribution in [0, 0.1) is 0 Å². The van der Waals surface area contributed by atoms with Gasteiger partial charge >= 0.3 is 0 Å². The van der Waals surface area contributed by atoms with Crippen molar-refractivity contribution in [2.75, 3.05) is 31.5 Å². The minimum Gasteiger partial charge on any atom is -0.342 e. The van der Waals surface area contributed by atoms with Crippen molar-refractivity contribution in [3.8, 4) is 0 Å². The number of piperazine rings is 1. The summed E-state index contributed by atoms with van der Waals surface area (Å²) in [6, 6.07) is 8.44. The highest BCUT2D eigenvalue weighted by atomic mass is 35.5. The lowest BCUT2D eigenvalue weighted by Gasteiger charge is -2.32. The second kappa shape index (κ2) is 7.72. The van der Waals surface area contributed by atoms with Crippen molar-refractivity contribution in [1.29, 1.82) is 0 Å². The van der Waals surface area contributed by atoms with Gasteiger partial charge in [-0.15, -0.1) is 0 Å². The number of rotatable bonds is 4. The van der Waals surface area contributed by atoms with Crippen LogP contribution in [0.2, 0.25) is 10.0 Å². The summed E-state index contributed by atoms with van der Waals surface area (Å²) in [7, 11) is 0. The zero-order chi connectivity index (χ0) is 17.8. The minimum absolute atomic E-state index is 0.0832. The summed E-state index contributed by atoms with van der Waals surface area (Å²) in [5, 5.41) is 4.11. The molecule has 2 heterocycles. The molecule has 1 saturated heterocycles. The van der Waals surface area contributed by atoms with Crippen molar-refractivity contribution in [3.63, 3.8) is 0 Å².